The maximum Gasteiger partial charge on any atom is 0.433 e. The van der Waals surface area contributed by atoms with E-state index in [9.17, 15) is 18.0 Å². The number of carbonyl (C=O) groups excluding carboxylic acids is 1. The van der Waals surface area contributed by atoms with Crippen molar-refractivity contribution in [2.24, 2.45) is 0 Å². The van der Waals surface area contributed by atoms with Gasteiger partial charge in [0.1, 0.15) is 5.75 Å². The lowest BCUT2D eigenvalue weighted by molar-refractivity contribution is -0.142. The van der Waals surface area contributed by atoms with Crippen LogP contribution in [-0.4, -0.2) is 57.1 Å². The van der Waals surface area contributed by atoms with Crippen molar-refractivity contribution < 1.29 is 22.7 Å². The number of amides is 1. The van der Waals surface area contributed by atoms with Crippen LogP contribution in [-0.2, 0) is 17.4 Å². The zero-order chi connectivity index (χ0) is 21.3. The minimum Gasteiger partial charge on any atom is -0.497 e. The molecule has 0 spiro atoms. The van der Waals surface area contributed by atoms with Gasteiger partial charge in [0.05, 0.1) is 24.9 Å². The van der Waals surface area contributed by atoms with Gasteiger partial charge < -0.3 is 9.64 Å². The molecule has 0 bridgehead atoms. The van der Waals surface area contributed by atoms with Gasteiger partial charge in [-0.05, 0) is 30.3 Å². The van der Waals surface area contributed by atoms with Crippen LogP contribution in [0.25, 0.3) is 16.9 Å². The predicted octanol–water partition coefficient (Wildman–Crippen LogP) is 3.54. The van der Waals surface area contributed by atoms with Gasteiger partial charge in [-0.25, -0.2) is 9.50 Å². The average Bonchev–Trinajstić information content (AvgIpc) is 3.15. The first-order valence-electron chi connectivity index (χ1n) is 9.32. The van der Waals surface area contributed by atoms with Gasteiger partial charge in [0, 0.05) is 36.2 Å². The molecule has 10 heteroatoms. The number of thioether (sulfide) groups is 1. The Bertz CT molecular complexity index is 1060. The number of alkyl halides is 3. The summed E-state index contributed by atoms with van der Waals surface area (Å²) in [6, 6.07) is 9.02. The molecule has 0 radical (unpaired) electrons. The molecule has 0 unspecified atom stereocenters. The van der Waals surface area contributed by atoms with Crippen molar-refractivity contribution in [2.75, 3.05) is 31.7 Å². The van der Waals surface area contributed by atoms with Crippen molar-refractivity contribution in [3.05, 3.63) is 47.8 Å². The second-order valence-electron chi connectivity index (χ2n) is 6.83. The van der Waals surface area contributed by atoms with Crippen LogP contribution in [0, 0.1) is 0 Å². The van der Waals surface area contributed by atoms with Crippen molar-refractivity contribution in [2.45, 2.75) is 12.6 Å². The number of hydrogen-bond acceptors (Lipinski definition) is 5. The second kappa shape index (κ2) is 8.17. The van der Waals surface area contributed by atoms with Gasteiger partial charge >= 0.3 is 6.18 Å². The van der Waals surface area contributed by atoms with Crippen LogP contribution < -0.4 is 4.74 Å². The summed E-state index contributed by atoms with van der Waals surface area (Å²) < 4.78 is 47.0. The maximum atomic E-state index is 13.7. The molecule has 0 saturated carbocycles. The number of rotatable bonds is 4. The Balaban J connectivity index is 1.71. The van der Waals surface area contributed by atoms with Gasteiger partial charge in [-0.15, -0.1) is 0 Å². The SMILES string of the molecule is COc1ccc(-c2cc(C(F)(F)F)n3nc(CC(=O)N4CCSCC4)cc3n2)cc1. The van der Waals surface area contributed by atoms with E-state index >= 15 is 0 Å². The van der Waals surface area contributed by atoms with Crippen LogP contribution in [0.2, 0.25) is 0 Å². The van der Waals surface area contributed by atoms with Crippen LogP contribution in [0.3, 0.4) is 0 Å². The summed E-state index contributed by atoms with van der Waals surface area (Å²) in [6.07, 6.45) is -4.68. The van der Waals surface area contributed by atoms with Crippen LogP contribution in [0.1, 0.15) is 11.4 Å². The van der Waals surface area contributed by atoms with E-state index in [2.05, 4.69) is 10.1 Å². The average molecular weight is 436 g/mol. The Morgan fingerprint density at radius 3 is 2.50 bits per heavy atom. The summed E-state index contributed by atoms with van der Waals surface area (Å²) in [6.45, 7) is 1.29. The Hall–Kier alpha value is -2.75. The number of methoxy groups -OCH3 is 1. The summed E-state index contributed by atoms with van der Waals surface area (Å²) in [5, 5.41) is 4.04. The molecule has 2 aromatic heterocycles. The van der Waals surface area contributed by atoms with E-state index in [0.29, 0.717) is 24.4 Å². The monoisotopic (exact) mass is 436 g/mol. The molecule has 1 aromatic carbocycles. The van der Waals surface area contributed by atoms with Gasteiger partial charge in [0.15, 0.2) is 11.3 Å². The maximum absolute atomic E-state index is 13.7. The molecule has 3 heterocycles. The molecule has 0 N–H and O–H groups in total. The van der Waals surface area contributed by atoms with Gasteiger partial charge in [-0.1, -0.05) is 0 Å². The minimum absolute atomic E-state index is 0.0487. The Kier molecular flexibility index (Phi) is 5.59. The number of halogens is 3. The third-order valence-corrected chi connectivity index (χ3v) is 5.79. The molecule has 4 rings (SSSR count). The Labute approximate surface area is 175 Å². The van der Waals surface area contributed by atoms with E-state index in [0.717, 1.165) is 22.1 Å². The number of benzene rings is 1. The molecule has 3 aromatic rings. The number of aromatic nitrogens is 3. The number of hydrogen-bond donors (Lipinski definition) is 0. The van der Waals surface area contributed by atoms with Crippen LogP contribution >= 0.6 is 11.8 Å². The molecule has 1 fully saturated rings. The minimum atomic E-state index is -4.63. The van der Waals surface area contributed by atoms with E-state index in [-0.39, 0.29) is 29.4 Å². The lowest BCUT2D eigenvalue weighted by Gasteiger charge is -2.26. The topological polar surface area (TPSA) is 59.7 Å². The number of ether oxygens (including phenoxy) is 1. The van der Waals surface area contributed by atoms with Crippen molar-refractivity contribution in [1.29, 1.82) is 0 Å². The quantitative estimate of drug-likeness (QED) is 0.626. The Morgan fingerprint density at radius 2 is 1.87 bits per heavy atom. The van der Waals surface area contributed by atoms with Crippen molar-refractivity contribution >= 4 is 23.3 Å². The highest BCUT2D eigenvalue weighted by Crippen LogP contribution is 2.32. The number of nitrogens with zero attached hydrogens (tertiary/aromatic N) is 4. The molecule has 1 amide bonds. The fourth-order valence-corrected chi connectivity index (χ4v) is 4.20. The zero-order valence-corrected chi connectivity index (χ0v) is 17.0. The lowest BCUT2D eigenvalue weighted by Crippen LogP contribution is -2.38. The summed E-state index contributed by atoms with van der Waals surface area (Å²) in [4.78, 5) is 18.6. The van der Waals surface area contributed by atoms with Crippen LogP contribution in [0.4, 0.5) is 13.2 Å². The van der Waals surface area contributed by atoms with Gasteiger partial charge in [0.2, 0.25) is 5.91 Å². The molecular weight excluding hydrogens is 417 g/mol. The fourth-order valence-electron chi connectivity index (χ4n) is 3.30. The normalized spacial score (nSPS) is 14.9. The lowest BCUT2D eigenvalue weighted by atomic mass is 10.1. The van der Waals surface area contributed by atoms with E-state index in [4.69, 9.17) is 4.74 Å². The third-order valence-electron chi connectivity index (χ3n) is 4.85. The Morgan fingerprint density at radius 1 is 1.17 bits per heavy atom. The predicted molar refractivity (Wildman–Crippen MR) is 108 cm³/mol. The molecule has 158 valence electrons. The smallest absolute Gasteiger partial charge is 0.433 e. The first kappa shape index (κ1) is 20.5. The first-order valence-corrected chi connectivity index (χ1v) is 10.5. The van der Waals surface area contributed by atoms with Gasteiger partial charge in [-0.2, -0.15) is 30.0 Å². The highest BCUT2D eigenvalue weighted by atomic mass is 32.2. The van der Waals surface area contributed by atoms with Crippen LogP contribution in [0.5, 0.6) is 5.75 Å². The summed E-state index contributed by atoms with van der Waals surface area (Å²) in [5.74, 6) is 2.18. The number of fused-ring (bicyclic) bond motifs is 1. The van der Waals surface area contributed by atoms with Crippen molar-refractivity contribution in [1.82, 2.24) is 19.5 Å². The van der Waals surface area contributed by atoms with Crippen molar-refractivity contribution in [3.63, 3.8) is 0 Å². The molecule has 0 aliphatic carbocycles. The molecule has 30 heavy (non-hydrogen) atoms. The molecule has 6 nitrogen and oxygen atoms in total. The van der Waals surface area contributed by atoms with E-state index in [1.807, 2.05) is 0 Å². The van der Waals surface area contributed by atoms with Gasteiger partial charge in [0.25, 0.3) is 0 Å². The molecule has 1 saturated heterocycles. The summed E-state index contributed by atoms with van der Waals surface area (Å²) in [7, 11) is 1.51. The fraction of sp³-hybridized carbons (Fsp3) is 0.350. The summed E-state index contributed by atoms with van der Waals surface area (Å²) in [5.41, 5.74) is 0.0684. The number of carbonyl (C=O) groups is 1. The van der Waals surface area contributed by atoms with E-state index in [1.54, 1.807) is 40.9 Å². The highest BCUT2D eigenvalue weighted by Gasteiger charge is 2.35. The van der Waals surface area contributed by atoms with Crippen molar-refractivity contribution in [3.8, 4) is 17.0 Å². The molecule has 0 atom stereocenters. The van der Waals surface area contributed by atoms with E-state index < -0.39 is 11.9 Å². The van der Waals surface area contributed by atoms with Crippen LogP contribution in [0.15, 0.2) is 36.4 Å². The zero-order valence-electron chi connectivity index (χ0n) is 16.1. The summed E-state index contributed by atoms with van der Waals surface area (Å²) >= 11 is 1.78. The molecule has 1 aliphatic heterocycles. The van der Waals surface area contributed by atoms with Gasteiger partial charge in [-0.3, -0.25) is 4.79 Å². The molecule has 1 aliphatic rings. The largest absolute Gasteiger partial charge is 0.497 e. The molecular formula is C20H19F3N4O2S. The van der Waals surface area contributed by atoms with E-state index in [1.165, 1.54) is 13.2 Å². The highest BCUT2D eigenvalue weighted by molar-refractivity contribution is 7.99. The standard InChI is InChI=1S/C20H19F3N4O2S/c1-29-15-4-2-13(3-5-15)16-12-17(20(21,22)23)27-18(24-16)10-14(25-27)11-19(28)26-6-8-30-9-7-26/h2-5,10,12H,6-9,11H2,1H3. The second-order valence-corrected chi connectivity index (χ2v) is 8.05. The third kappa shape index (κ3) is 4.23. The first-order chi connectivity index (χ1) is 14.3.